The molecule has 1 N–H and O–H groups in total. The first-order valence-electron chi connectivity index (χ1n) is 7.51. The van der Waals surface area contributed by atoms with Crippen LogP contribution in [0.15, 0.2) is 24.3 Å². The summed E-state index contributed by atoms with van der Waals surface area (Å²) in [6.45, 7) is 5.56. The van der Waals surface area contributed by atoms with E-state index in [9.17, 15) is 13.2 Å². The molecule has 1 saturated heterocycles. The molecule has 1 aliphatic heterocycles. The number of rotatable bonds is 3. The summed E-state index contributed by atoms with van der Waals surface area (Å²) in [7, 11) is 0. The maximum absolute atomic E-state index is 12.8. The van der Waals surface area contributed by atoms with Gasteiger partial charge in [0.05, 0.1) is 5.56 Å². The number of hydrogen-bond donors (Lipinski definition) is 1. The minimum absolute atomic E-state index is 0.0759. The van der Waals surface area contributed by atoms with Gasteiger partial charge in [0.1, 0.15) is 0 Å². The Morgan fingerprint density at radius 2 is 2.10 bits per heavy atom. The topological polar surface area (TPSA) is 15.3 Å². The number of hydrogen-bond acceptors (Lipinski definition) is 2. The third-order valence-electron chi connectivity index (χ3n) is 4.85. The van der Waals surface area contributed by atoms with Gasteiger partial charge in [-0.15, -0.1) is 0 Å². The molecule has 1 aromatic rings. The van der Waals surface area contributed by atoms with Crippen molar-refractivity contribution in [3.63, 3.8) is 0 Å². The predicted molar refractivity (Wildman–Crippen MR) is 75.9 cm³/mol. The number of benzene rings is 1. The van der Waals surface area contributed by atoms with E-state index >= 15 is 0 Å². The molecule has 0 spiro atoms. The maximum Gasteiger partial charge on any atom is 0.416 e. The molecule has 5 heteroatoms. The molecule has 0 aromatic heterocycles. The Morgan fingerprint density at radius 3 is 2.76 bits per heavy atom. The van der Waals surface area contributed by atoms with Crippen molar-refractivity contribution in [1.29, 1.82) is 0 Å². The van der Waals surface area contributed by atoms with Crippen molar-refractivity contribution in [2.45, 2.75) is 38.0 Å². The lowest BCUT2D eigenvalue weighted by molar-refractivity contribution is -0.137. The highest BCUT2D eigenvalue weighted by molar-refractivity contribution is 5.26. The summed E-state index contributed by atoms with van der Waals surface area (Å²) in [6.07, 6.45) is -1.80. The molecule has 2 nitrogen and oxygen atoms in total. The van der Waals surface area contributed by atoms with Crippen LogP contribution in [0.4, 0.5) is 13.2 Å². The minimum atomic E-state index is -4.26. The fourth-order valence-corrected chi connectivity index (χ4v) is 3.36. The van der Waals surface area contributed by atoms with E-state index in [1.807, 2.05) is 0 Å². The summed E-state index contributed by atoms with van der Waals surface area (Å²) in [5.41, 5.74) is 0.272. The van der Waals surface area contributed by atoms with Gasteiger partial charge in [0.2, 0.25) is 0 Å². The van der Waals surface area contributed by atoms with Crippen molar-refractivity contribution in [3.8, 4) is 0 Å². The zero-order valence-electron chi connectivity index (χ0n) is 12.2. The second-order valence-corrected chi connectivity index (χ2v) is 6.43. The van der Waals surface area contributed by atoms with Crippen molar-refractivity contribution < 1.29 is 13.2 Å². The average molecular weight is 298 g/mol. The van der Waals surface area contributed by atoms with E-state index in [1.165, 1.54) is 25.0 Å². The molecular weight excluding hydrogens is 277 g/mol. The number of nitrogens with one attached hydrogen (secondary N) is 1. The van der Waals surface area contributed by atoms with Crippen molar-refractivity contribution in [1.82, 2.24) is 10.2 Å². The molecule has 1 atom stereocenters. The van der Waals surface area contributed by atoms with Crippen LogP contribution in [0, 0.1) is 5.92 Å². The van der Waals surface area contributed by atoms with Crippen molar-refractivity contribution in [3.05, 3.63) is 35.4 Å². The standard InChI is InChI=1S/C16H21F3N2/c1-15(13-5-6-13)11-20-7-8-21(15)10-12-3-2-4-14(9-12)16(17,18)19/h2-4,9,13,20H,5-8,10-11H2,1H3. The van der Waals surface area contributed by atoms with Crippen LogP contribution in [-0.4, -0.2) is 30.1 Å². The van der Waals surface area contributed by atoms with Crippen LogP contribution in [-0.2, 0) is 12.7 Å². The lowest BCUT2D eigenvalue weighted by Gasteiger charge is -2.46. The summed E-state index contributed by atoms with van der Waals surface area (Å²) in [6, 6.07) is 5.73. The molecule has 0 amide bonds. The number of alkyl halides is 3. The van der Waals surface area contributed by atoms with Gasteiger partial charge in [-0.25, -0.2) is 0 Å². The quantitative estimate of drug-likeness (QED) is 0.921. The van der Waals surface area contributed by atoms with Gasteiger partial charge in [0, 0.05) is 31.7 Å². The molecule has 21 heavy (non-hydrogen) atoms. The van der Waals surface area contributed by atoms with Crippen molar-refractivity contribution in [2.24, 2.45) is 5.92 Å². The molecule has 116 valence electrons. The average Bonchev–Trinajstić information content (AvgIpc) is 3.26. The van der Waals surface area contributed by atoms with Crippen LogP contribution in [0.25, 0.3) is 0 Å². The second-order valence-electron chi connectivity index (χ2n) is 6.43. The van der Waals surface area contributed by atoms with Crippen LogP contribution in [0.2, 0.25) is 0 Å². The predicted octanol–water partition coefficient (Wildman–Crippen LogP) is 3.28. The first kappa shape index (κ1) is 14.9. The molecular formula is C16H21F3N2. The Balaban J connectivity index is 1.79. The molecule has 1 saturated carbocycles. The Kier molecular flexibility index (Phi) is 3.74. The van der Waals surface area contributed by atoms with Crippen LogP contribution in [0.1, 0.15) is 30.9 Å². The first-order valence-corrected chi connectivity index (χ1v) is 7.51. The Labute approximate surface area is 123 Å². The molecule has 3 rings (SSSR count). The highest BCUT2D eigenvalue weighted by Crippen LogP contribution is 2.44. The van der Waals surface area contributed by atoms with E-state index in [4.69, 9.17) is 0 Å². The van der Waals surface area contributed by atoms with E-state index in [-0.39, 0.29) is 5.54 Å². The molecule has 1 aliphatic carbocycles. The maximum atomic E-state index is 12.8. The van der Waals surface area contributed by atoms with Gasteiger partial charge < -0.3 is 5.32 Å². The molecule has 0 bridgehead atoms. The number of nitrogens with zero attached hydrogens (tertiary/aromatic N) is 1. The Hall–Kier alpha value is -1.07. The Bertz CT molecular complexity index is 510. The Morgan fingerprint density at radius 1 is 1.33 bits per heavy atom. The monoisotopic (exact) mass is 298 g/mol. The van der Waals surface area contributed by atoms with Crippen LogP contribution < -0.4 is 5.32 Å². The van der Waals surface area contributed by atoms with E-state index < -0.39 is 11.7 Å². The van der Waals surface area contributed by atoms with Crippen molar-refractivity contribution in [2.75, 3.05) is 19.6 Å². The summed E-state index contributed by atoms with van der Waals surface area (Å²) >= 11 is 0. The molecule has 1 aromatic carbocycles. The molecule has 2 aliphatic rings. The van der Waals surface area contributed by atoms with Gasteiger partial charge in [-0.1, -0.05) is 18.2 Å². The highest BCUT2D eigenvalue weighted by atomic mass is 19.4. The smallest absolute Gasteiger partial charge is 0.314 e. The van der Waals surface area contributed by atoms with Gasteiger partial charge in [0.15, 0.2) is 0 Å². The zero-order chi connectivity index (χ0) is 15.1. The third-order valence-corrected chi connectivity index (χ3v) is 4.85. The summed E-state index contributed by atoms with van der Waals surface area (Å²) in [4.78, 5) is 2.36. The molecule has 2 fully saturated rings. The molecule has 1 unspecified atom stereocenters. The second kappa shape index (κ2) is 5.29. The summed E-state index contributed by atoms with van der Waals surface area (Å²) in [5.74, 6) is 0.677. The SMILES string of the molecule is CC1(C2CC2)CNCCN1Cc1cccc(C(F)(F)F)c1. The molecule has 1 heterocycles. The van der Waals surface area contributed by atoms with E-state index in [0.717, 1.165) is 31.3 Å². The largest absolute Gasteiger partial charge is 0.416 e. The van der Waals surface area contributed by atoms with Gasteiger partial charge in [-0.05, 0) is 37.3 Å². The van der Waals surface area contributed by atoms with Crippen LogP contribution in [0.3, 0.4) is 0 Å². The third kappa shape index (κ3) is 3.09. The van der Waals surface area contributed by atoms with E-state index in [2.05, 4.69) is 17.1 Å². The van der Waals surface area contributed by atoms with Gasteiger partial charge in [0.25, 0.3) is 0 Å². The first-order chi connectivity index (χ1) is 9.89. The lowest BCUT2D eigenvalue weighted by Crippen LogP contribution is -2.60. The van der Waals surface area contributed by atoms with Crippen molar-refractivity contribution >= 4 is 0 Å². The number of piperazine rings is 1. The van der Waals surface area contributed by atoms with E-state index in [0.29, 0.717) is 12.5 Å². The van der Waals surface area contributed by atoms with Crippen LogP contribution >= 0.6 is 0 Å². The van der Waals surface area contributed by atoms with Gasteiger partial charge in [-0.2, -0.15) is 13.2 Å². The fourth-order valence-electron chi connectivity index (χ4n) is 3.36. The fraction of sp³-hybridized carbons (Fsp3) is 0.625. The van der Waals surface area contributed by atoms with Crippen LogP contribution in [0.5, 0.6) is 0 Å². The van der Waals surface area contributed by atoms with Gasteiger partial charge in [-0.3, -0.25) is 4.90 Å². The molecule has 0 radical (unpaired) electrons. The zero-order valence-corrected chi connectivity index (χ0v) is 12.2. The lowest BCUT2D eigenvalue weighted by atomic mass is 9.90. The minimum Gasteiger partial charge on any atom is -0.314 e. The number of halogens is 3. The summed E-state index contributed by atoms with van der Waals surface area (Å²) < 4.78 is 38.4. The normalized spacial score (nSPS) is 27.8. The van der Waals surface area contributed by atoms with E-state index in [1.54, 1.807) is 6.07 Å². The van der Waals surface area contributed by atoms with Gasteiger partial charge >= 0.3 is 6.18 Å². The summed E-state index contributed by atoms with van der Waals surface area (Å²) in [5, 5.41) is 3.43. The highest BCUT2D eigenvalue weighted by Gasteiger charge is 2.46.